The second-order valence-electron chi connectivity index (χ2n) is 7.18. The van der Waals surface area contributed by atoms with E-state index < -0.39 is 5.97 Å². The number of nitrogens with zero attached hydrogens (tertiary/aromatic N) is 3. The van der Waals surface area contributed by atoms with Gasteiger partial charge in [-0.3, -0.25) is 9.48 Å². The van der Waals surface area contributed by atoms with Crippen LogP contribution in [-0.2, 0) is 11.3 Å². The maximum atomic E-state index is 13.1. The molecule has 0 unspecified atom stereocenters. The summed E-state index contributed by atoms with van der Waals surface area (Å²) in [4.78, 5) is 26.7. The van der Waals surface area contributed by atoms with E-state index in [1.54, 1.807) is 44.0 Å². The van der Waals surface area contributed by atoms with Gasteiger partial charge in [-0.15, -0.1) is 11.3 Å². The number of methoxy groups -OCH3 is 1. The topological polar surface area (TPSA) is 88.5 Å². The van der Waals surface area contributed by atoms with Crippen molar-refractivity contribution in [3.05, 3.63) is 62.3 Å². The normalized spacial score (nSPS) is 10.6. The molecule has 0 bridgehead atoms. The zero-order chi connectivity index (χ0) is 24.3. The van der Waals surface area contributed by atoms with E-state index in [0.29, 0.717) is 32.3 Å². The molecular weight excluding hydrogens is 533 g/mol. The molecule has 1 aromatic carbocycles. The number of anilines is 2. The lowest BCUT2D eigenvalue weighted by molar-refractivity contribution is 0.0601. The molecule has 0 saturated heterocycles. The fourth-order valence-electron chi connectivity index (χ4n) is 2.94. The quantitative estimate of drug-likeness (QED) is 0.343. The van der Waals surface area contributed by atoms with Crippen molar-refractivity contribution < 1.29 is 18.7 Å². The van der Waals surface area contributed by atoms with Crippen LogP contribution >= 0.6 is 39.5 Å². The van der Waals surface area contributed by atoms with Crippen molar-refractivity contribution >= 4 is 67.3 Å². The number of nitrogens with one attached hydrogen (secondary N) is 2. The second kappa shape index (κ2) is 10.4. The van der Waals surface area contributed by atoms with E-state index in [4.69, 9.17) is 17.0 Å². The van der Waals surface area contributed by atoms with Gasteiger partial charge in [0, 0.05) is 20.3 Å². The number of esters is 1. The van der Waals surface area contributed by atoms with Gasteiger partial charge in [0.25, 0.3) is 5.91 Å². The minimum absolute atomic E-state index is 0.179. The third-order valence-electron chi connectivity index (χ3n) is 4.57. The largest absolute Gasteiger partial charge is 0.465 e. The molecule has 2 N–H and O–H groups in total. The van der Waals surface area contributed by atoms with Gasteiger partial charge < -0.3 is 20.3 Å². The highest BCUT2D eigenvalue weighted by Crippen LogP contribution is 2.34. The highest BCUT2D eigenvalue weighted by atomic mass is 79.9. The number of carbonyl (C=O) groups is 2. The number of ether oxygens (including phenoxy) is 1. The summed E-state index contributed by atoms with van der Waals surface area (Å²) in [5.41, 5.74) is 1.65. The molecule has 3 rings (SSSR count). The number of halogens is 2. The number of thiocarbonyl (C=S) groups is 1. The molecule has 0 radical (unpaired) electrons. The summed E-state index contributed by atoms with van der Waals surface area (Å²) in [5.74, 6) is -0.648. The van der Waals surface area contributed by atoms with E-state index in [1.165, 1.54) is 24.1 Å². The van der Waals surface area contributed by atoms with E-state index in [0.717, 1.165) is 16.9 Å². The molecule has 174 valence electrons. The van der Waals surface area contributed by atoms with Crippen molar-refractivity contribution in [2.75, 3.05) is 31.8 Å². The van der Waals surface area contributed by atoms with E-state index in [2.05, 4.69) is 31.7 Å². The second-order valence-corrected chi connectivity index (χ2v) is 9.46. The van der Waals surface area contributed by atoms with Gasteiger partial charge in [0.05, 0.1) is 28.6 Å². The Labute approximate surface area is 207 Å². The first kappa shape index (κ1) is 24.8. The van der Waals surface area contributed by atoms with Crippen molar-refractivity contribution in [2.45, 2.75) is 13.5 Å². The third kappa shape index (κ3) is 5.75. The number of aromatic nitrogens is 2. The van der Waals surface area contributed by atoms with Crippen LogP contribution in [0.3, 0.4) is 0 Å². The average Bonchev–Trinajstić information content (AvgIpc) is 3.27. The van der Waals surface area contributed by atoms with Gasteiger partial charge in [0.15, 0.2) is 10.9 Å². The predicted octanol–water partition coefficient (Wildman–Crippen LogP) is 4.50. The molecule has 0 aliphatic carbocycles. The number of thiophene rings is 1. The Morgan fingerprint density at radius 2 is 1.94 bits per heavy atom. The molecule has 3 aromatic rings. The molecule has 0 fully saturated rings. The Morgan fingerprint density at radius 1 is 1.27 bits per heavy atom. The van der Waals surface area contributed by atoms with Crippen LogP contribution in [0.5, 0.6) is 0 Å². The molecule has 0 aliphatic heterocycles. The fraction of sp³-hybridized carbons (Fsp3) is 0.238. The first-order chi connectivity index (χ1) is 15.6. The number of rotatable bonds is 6. The smallest absolute Gasteiger partial charge is 0.341 e. The lowest BCUT2D eigenvalue weighted by Gasteiger charge is -2.09. The van der Waals surface area contributed by atoms with Gasteiger partial charge in [-0.1, -0.05) is 12.1 Å². The van der Waals surface area contributed by atoms with Gasteiger partial charge >= 0.3 is 5.97 Å². The zero-order valence-corrected chi connectivity index (χ0v) is 21.5. The van der Waals surface area contributed by atoms with Crippen LogP contribution in [0.4, 0.5) is 15.2 Å². The van der Waals surface area contributed by atoms with E-state index in [1.807, 2.05) is 0 Å². The van der Waals surface area contributed by atoms with Gasteiger partial charge in [0.1, 0.15) is 10.8 Å². The van der Waals surface area contributed by atoms with Crippen LogP contribution in [-0.4, -0.2) is 52.9 Å². The zero-order valence-electron chi connectivity index (χ0n) is 18.2. The van der Waals surface area contributed by atoms with Crippen LogP contribution in [0.25, 0.3) is 0 Å². The Bertz CT molecular complexity index is 1210. The van der Waals surface area contributed by atoms with E-state index >= 15 is 0 Å². The predicted molar refractivity (Wildman–Crippen MR) is 134 cm³/mol. The number of benzene rings is 1. The summed E-state index contributed by atoms with van der Waals surface area (Å²) in [5, 5.41) is 11.0. The number of amides is 1. The summed E-state index contributed by atoms with van der Waals surface area (Å²) >= 11 is 9.97. The van der Waals surface area contributed by atoms with Gasteiger partial charge in [-0.2, -0.15) is 5.10 Å². The highest BCUT2D eigenvalue weighted by Gasteiger charge is 2.26. The maximum absolute atomic E-state index is 13.1. The fourth-order valence-corrected chi connectivity index (χ4v) is 4.84. The minimum Gasteiger partial charge on any atom is -0.465 e. The summed E-state index contributed by atoms with van der Waals surface area (Å²) in [6.45, 7) is 2.13. The van der Waals surface area contributed by atoms with Crippen LogP contribution in [0.1, 0.15) is 31.2 Å². The van der Waals surface area contributed by atoms with Crippen molar-refractivity contribution in [1.82, 2.24) is 14.7 Å². The van der Waals surface area contributed by atoms with E-state index in [-0.39, 0.29) is 22.4 Å². The van der Waals surface area contributed by atoms with Gasteiger partial charge in [-0.25, -0.2) is 9.18 Å². The van der Waals surface area contributed by atoms with Crippen molar-refractivity contribution in [3.8, 4) is 0 Å². The maximum Gasteiger partial charge on any atom is 0.341 e. The van der Waals surface area contributed by atoms with Crippen LogP contribution in [0.15, 0.2) is 34.9 Å². The van der Waals surface area contributed by atoms with Crippen LogP contribution in [0.2, 0.25) is 0 Å². The lowest BCUT2D eigenvalue weighted by atomic mass is 10.1. The Kier molecular flexibility index (Phi) is 7.82. The summed E-state index contributed by atoms with van der Waals surface area (Å²) in [7, 11) is 4.55. The molecule has 1 amide bonds. The minimum atomic E-state index is -0.573. The summed E-state index contributed by atoms with van der Waals surface area (Å²) in [6.07, 6.45) is 1.76. The first-order valence-electron chi connectivity index (χ1n) is 9.59. The molecule has 0 aliphatic rings. The molecule has 2 heterocycles. The van der Waals surface area contributed by atoms with Crippen LogP contribution in [0, 0.1) is 12.7 Å². The monoisotopic (exact) mass is 553 g/mol. The molecule has 12 heteroatoms. The lowest BCUT2D eigenvalue weighted by Crippen LogP contribution is -2.21. The molecule has 8 nitrogen and oxygen atoms in total. The Hall–Kier alpha value is -2.83. The Morgan fingerprint density at radius 3 is 2.55 bits per heavy atom. The average molecular weight is 554 g/mol. The SMILES string of the molecule is COC(=O)c1c(NC(=S)Nc2nn(Cc3ccc(F)cc3)cc2Br)sc(C(=O)N(C)C)c1C. The first-order valence-corrected chi connectivity index (χ1v) is 11.6. The van der Waals surface area contributed by atoms with Gasteiger partial charge in [0.2, 0.25) is 0 Å². The van der Waals surface area contributed by atoms with Crippen molar-refractivity contribution in [1.29, 1.82) is 0 Å². The molecule has 0 saturated carbocycles. The van der Waals surface area contributed by atoms with Crippen molar-refractivity contribution in [3.63, 3.8) is 0 Å². The third-order valence-corrected chi connectivity index (χ3v) is 6.55. The number of hydrogen-bond donors (Lipinski definition) is 2. The Balaban J connectivity index is 1.78. The highest BCUT2D eigenvalue weighted by molar-refractivity contribution is 9.10. The van der Waals surface area contributed by atoms with E-state index in [9.17, 15) is 14.0 Å². The number of carbonyl (C=O) groups excluding carboxylic acids is 2. The standard InChI is InChI=1S/C21H21BrFN5O3S2/c1-11-15(20(30)31-4)18(33-16(11)19(29)27(2)3)25-21(32)24-17-14(22)10-28(26-17)9-12-5-7-13(23)8-6-12/h5-8,10H,9H2,1-4H3,(H2,24,25,26,32). The molecule has 2 aromatic heterocycles. The molecule has 33 heavy (non-hydrogen) atoms. The molecule has 0 spiro atoms. The summed E-state index contributed by atoms with van der Waals surface area (Å²) < 4.78 is 20.3. The molecule has 0 atom stereocenters. The van der Waals surface area contributed by atoms with Crippen LogP contribution < -0.4 is 10.6 Å². The molecular formula is C21H21BrFN5O3S2. The number of hydrogen-bond acceptors (Lipinski definition) is 6. The van der Waals surface area contributed by atoms with Crippen molar-refractivity contribution in [2.24, 2.45) is 0 Å². The van der Waals surface area contributed by atoms with Gasteiger partial charge in [-0.05, 0) is 58.3 Å². The summed E-state index contributed by atoms with van der Waals surface area (Å²) in [6, 6.07) is 6.15.